The fraction of sp³-hybridized carbons (Fsp3) is 0.0833. The van der Waals surface area contributed by atoms with Gasteiger partial charge in [0.25, 0.3) is 0 Å². The van der Waals surface area contributed by atoms with Crippen molar-refractivity contribution in [3.05, 3.63) is 39.1 Å². The highest BCUT2D eigenvalue weighted by molar-refractivity contribution is 9.10. The van der Waals surface area contributed by atoms with E-state index in [4.69, 9.17) is 16.3 Å². The predicted molar refractivity (Wildman–Crippen MR) is 77.5 cm³/mol. The summed E-state index contributed by atoms with van der Waals surface area (Å²) in [5, 5.41) is 4.91. The number of nitrogens with one attached hydrogen (secondary N) is 1. The van der Waals surface area contributed by atoms with Crippen molar-refractivity contribution in [3.8, 4) is 16.2 Å². The van der Waals surface area contributed by atoms with Crippen LogP contribution in [0.5, 0.6) is 5.75 Å². The summed E-state index contributed by atoms with van der Waals surface area (Å²) in [6.45, 7) is 0. The van der Waals surface area contributed by atoms with Gasteiger partial charge in [0.1, 0.15) is 5.75 Å². The van der Waals surface area contributed by atoms with E-state index in [9.17, 15) is 4.79 Å². The molecule has 3 nitrogen and oxygen atoms in total. The number of amides is 1. The number of ether oxygens (including phenoxy) is 1. The molecule has 0 atom stereocenters. The van der Waals surface area contributed by atoms with Gasteiger partial charge in [-0.05, 0) is 34.1 Å². The Morgan fingerprint density at radius 2 is 2.22 bits per heavy atom. The molecule has 0 aliphatic carbocycles. The van der Waals surface area contributed by atoms with E-state index in [1.165, 1.54) is 7.05 Å². The molecule has 94 valence electrons. The first-order chi connectivity index (χ1) is 8.60. The van der Waals surface area contributed by atoms with Crippen molar-refractivity contribution < 1.29 is 9.53 Å². The zero-order valence-corrected chi connectivity index (χ0v) is 12.5. The molecule has 1 amide bonds. The van der Waals surface area contributed by atoms with Gasteiger partial charge >= 0.3 is 6.09 Å². The second-order valence-electron chi connectivity index (χ2n) is 3.41. The third kappa shape index (κ3) is 3.04. The highest BCUT2D eigenvalue weighted by Crippen LogP contribution is 2.36. The zero-order chi connectivity index (χ0) is 13.1. The lowest BCUT2D eigenvalue weighted by molar-refractivity contribution is 0.203. The first kappa shape index (κ1) is 13.4. The minimum absolute atomic E-state index is 0.415. The number of halogens is 2. The van der Waals surface area contributed by atoms with Crippen molar-refractivity contribution in [2.75, 3.05) is 7.05 Å². The van der Waals surface area contributed by atoms with E-state index in [-0.39, 0.29) is 0 Å². The molecule has 0 fully saturated rings. The Morgan fingerprint density at radius 3 is 2.78 bits per heavy atom. The first-order valence-electron chi connectivity index (χ1n) is 5.03. The van der Waals surface area contributed by atoms with Gasteiger partial charge in [-0.1, -0.05) is 11.6 Å². The lowest BCUT2D eigenvalue weighted by atomic mass is 10.2. The van der Waals surface area contributed by atoms with Gasteiger partial charge in [0.15, 0.2) is 0 Å². The molecule has 2 rings (SSSR count). The van der Waals surface area contributed by atoms with Crippen LogP contribution in [0.2, 0.25) is 5.02 Å². The molecule has 0 saturated heterocycles. The van der Waals surface area contributed by atoms with Crippen molar-refractivity contribution in [1.29, 1.82) is 0 Å². The van der Waals surface area contributed by atoms with Gasteiger partial charge in [0, 0.05) is 33.4 Å². The third-order valence-electron chi connectivity index (χ3n) is 2.19. The molecule has 0 bridgehead atoms. The van der Waals surface area contributed by atoms with Gasteiger partial charge in [-0.2, -0.15) is 0 Å². The van der Waals surface area contributed by atoms with Crippen LogP contribution in [-0.4, -0.2) is 13.1 Å². The summed E-state index contributed by atoms with van der Waals surface area (Å²) in [4.78, 5) is 12.1. The Morgan fingerprint density at radius 1 is 1.44 bits per heavy atom. The average molecular weight is 347 g/mol. The summed E-state index contributed by atoms with van der Waals surface area (Å²) < 4.78 is 6.02. The van der Waals surface area contributed by atoms with Crippen LogP contribution in [0, 0.1) is 0 Å². The third-order valence-corrected chi connectivity index (χ3v) is 4.23. The van der Waals surface area contributed by atoms with Crippen molar-refractivity contribution in [2.24, 2.45) is 0 Å². The molecule has 1 aromatic carbocycles. The van der Waals surface area contributed by atoms with Crippen LogP contribution in [0.1, 0.15) is 0 Å². The number of thiophene rings is 1. The summed E-state index contributed by atoms with van der Waals surface area (Å²) in [6.07, 6.45) is -0.516. The molecule has 1 aromatic heterocycles. The number of carbonyl (C=O) groups is 1. The fourth-order valence-corrected chi connectivity index (χ4v) is 3.17. The minimum atomic E-state index is -0.516. The molecule has 0 spiro atoms. The number of hydrogen-bond acceptors (Lipinski definition) is 3. The largest absolute Gasteiger partial charge is 0.412 e. The van der Waals surface area contributed by atoms with E-state index in [0.717, 1.165) is 14.9 Å². The number of carbonyl (C=O) groups excluding carboxylic acids is 1. The van der Waals surface area contributed by atoms with Crippen molar-refractivity contribution >= 4 is 45.0 Å². The Bertz CT molecular complexity index is 585. The predicted octanol–water partition coefficient (Wildman–Crippen LogP) is 4.55. The quantitative estimate of drug-likeness (QED) is 0.866. The van der Waals surface area contributed by atoms with Gasteiger partial charge in [-0.3, -0.25) is 0 Å². The van der Waals surface area contributed by atoms with Gasteiger partial charge < -0.3 is 10.1 Å². The van der Waals surface area contributed by atoms with Gasteiger partial charge in [-0.25, -0.2) is 4.79 Å². The smallest absolute Gasteiger partial charge is 0.410 e. The topological polar surface area (TPSA) is 38.3 Å². The zero-order valence-electron chi connectivity index (χ0n) is 9.37. The number of benzene rings is 1. The van der Waals surface area contributed by atoms with Crippen LogP contribution < -0.4 is 10.1 Å². The lowest BCUT2D eigenvalue weighted by Gasteiger charge is -2.06. The van der Waals surface area contributed by atoms with Crippen molar-refractivity contribution in [1.82, 2.24) is 5.32 Å². The molecule has 0 unspecified atom stereocenters. The van der Waals surface area contributed by atoms with E-state index >= 15 is 0 Å². The highest BCUT2D eigenvalue weighted by Gasteiger charge is 2.09. The average Bonchev–Trinajstić information content (AvgIpc) is 2.75. The molecule has 1 N–H and O–H groups in total. The maximum atomic E-state index is 11.1. The van der Waals surface area contributed by atoms with Gasteiger partial charge in [0.2, 0.25) is 0 Å². The second-order valence-corrected chi connectivity index (χ2v) is 5.64. The Labute approximate surface area is 122 Å². The summed E-state index contributed by atoms with van der Waals surface area (Å²) in [6, 6.07) is 7.16. The fourth-order valence-electron chi connectivity index (χ4n) is 1.37. The van der Waals surface area contributed by atoms with Crippen LogP contribution in [0.4, 0.5) is 4.79 Å². The van der Waals surface area contributed by atoms with E-state index in [0.29, 0.717) is 10.8 Å². The van der Waals surface area contributed by atoms with Crippen molar-refractivity contribution in [2.45, 2.75) is 0 Å². The lowest BCUT2D eigenvalue weighted by Crippen LogP contribution is -2.21. The molecule has 0 aliphatic rings. The first-order valence-corrected chi connectivity index (χ1v) is 7.08. The van der Waals surface area contributed by atoms with Crippen LogP contribution in [-0.2, 0) is 0 Å². The van der Waals surface area contributed by atoms with E-state index in [1.54, 1.807) is 23.5 Å². The normalized spacial score (nSPS) is 10.2. The Balaban J connectivity index is 2.28. The van der Waals surface area contributed by atoms with Gasteiger partial charge in [0.05, 0.1) is 5.02 Å². The maximum Gasteiger partial charge on any atom is 0.412 e. The molecule has 18 heavy (non-hydrogen) atoms. The van der Waals surface area contributed by atoms with E-state index in [2.05, 4.69) is 21.2 Å². The molecule has 2 aromatic rings. The standard InChI is InChI=1S/C12H9BrClNO2S/c1-15-12(16)17-8-2-3-9(10(14)5-8)11-4-7(13)6-18-11/h2-6H,1H3,(H,15,16). The Hall–Kier alpha value is -1.04. The van der Waals surface area contributed by atoms with E-state index in [1.807, 2.05) is 17.5 Å². The van der Waals surface area contributed by atoms with Crippen molar-refractivity contribution in [3.63, 3.8) is 0 Å². The molecule has 1 heterocycles. The highest BCUT2D eigenvalue weighted by atomic mass is 79.9. The molecular formula is C12H9BrClNO2S. The number of rotatable bonds is 2. The summed E-state index contributed by atoms with van der Waals surface area (Å²) in [7, 11) is 1.50. The SMILES string of the molecule is CNC(=O)Oc1ccc(-c2cc(Br)cs2)c(Cl)c1. The second kappa shape index (κ2) is 5.73. The monoisotopic (exact) mass is 345 g/mol. The van der Waals surface area contributed by atoms with Gasteiger partial charge in [-0.15, -0.1) is 11.3 Å². The Kier molecular flexibility index (Phi) is 4.27. The number of hydrogen-bond donors (Lipinski definition) is 1. The summed E-state index contributed by atoms with van der Waals surface area (Å²) >= 11 is 11.2. The maximum absolute atomic E-state index is 11.1. The molecule has 0 aliphatic heterocycles. The van der Waals surface area contributed by atoms with Crippen LogP contribution in [0.15, 0.2) is 34.1 Å². The van der Waals surface area contributed by atoms with E-state index < -0.39 is 6.09 Å². The van der Waals surface area contributed by atoms with Crippen LogP contribution in [0.3, 0.4) is 0 Å². The molecule has 0 radical (unpaired) electrons. The van der Waals surface area contributed by atoms with Crippen LogP contribution in [0.25, 0.3) is 10.4 Å². The molecular weight excluding hydrogens is 338 g/mol. The minimum Gasteiger partial charge on any atom is -0.410 e. The summed E-state index contributed by atoms with van der Waals surface area (Å²) in [5.74, 6) is 0.415. The molecule has 6 heteroatoms. The summed E-state index contributed by atoms with van der Waals surface area (Å²) in [5.41, 5.74) is 0.914. The molecule has 0 saturated carbocycles. The van der Waals surface area contributed by atoms with Crippen LogP contribution >= 0.6 is 38.9 Å².